The minimum absolute atomic E-state index is 0.176. The molecule has 6 nitrogen and oxygen atoms in total. The highest BCUT2D eigenvalue weighted by molar-refractivity contribution is 6.06. The average Bonchev–Trinajstić information content (AvgIpc) is 3.45. The molecule has 262 valence electrons. The summed E-state index contributed by atoms with van der Waals surface area (Å²) in [5.74, 6) is 1.82. The van der Waals surface area contributed by atoms with Gasteiger partial charge in [0, 0.05) is 37.4 Å². The van der Waals surface area contributed by atoms with Gasteiger partial charge in [0.05, 0.1) is 11.0 Å². The van der Waals surface area contributed by atoms with Crippen LogP contribution in [0.3, 0.4) is 0 Å². The normalized spacial score (nSPS) is 11.7. The van der Waals surface area contributed by atoms with E-state index in [1.165, 1.54) is 88.2 Å². The van der Waals surface area contributed by atoms with Crippen molar-refractivity contribution in [2.45, 2.75) is 162 Å². The molecule has 0 aliphatic heterocycles. The van der Waals surface area contributed by atoms with E-state index >= 15 is 0 Å². The van der Waals surface area contributed by atoms with Crippen LogP contribution in [0.1, 0.15) is 154 Å². The predicted octanol–water partition coefficient (Wildman–Crippen LogP) is 11.2. The van der Waals surface area contributed by atoms with E-state index in [1.807, 2.05) is 17.0 Å². The van der Waals surface area contributed by atoms with Crippen LogP contribution in [0.2, 0.25) is 0 Å². The van der Waals surface area contributed by atoms with E-state index in [2.05, 4.69) is 73.6 Å². The van der Waals surface area contributed by atoms with Crippen molar-refractivity contribution < 1.29 is 4.79 Å². The summed E-state index contributed by atoms with van der Waals surface area (Å²) < 4.78 is 2.33. The highest BCUT2D eigenvalue weighted by atomic mass is 16.2. The maximum atomic E-state index is 13.3. The minimum atomic E-state index is 0.176. The molecule has 4 rings (SSSR count). The summed E-state index contributed by atoms with van der Waals surface area (Å²) in [6, 6.07) is 17.1. The third-order valence-corrected chi connectivity index (χ3v) is 9.85. The van der Waals surface area contributed by atoms with Gasteiger partial charge in [0.2, 0.25) is 5.91 Å². The van der Waals surface area contributed by atoms with Gasteiger partial charge in [-0.05, 0) is 43.9 Å². The lowest BCUT2D eigenvalue weighted by Crippen LogP contribution is -2.36. The molecule has 2 N–H and O–H groups in total. The fraction of sp³-hybridized carbons (Fsp3) is 0.595. The molecule has 0 atom stereocenters. The van der Waals surface area contributed by atoms with E-state index in [0.29, 0.717) is 18.8 Å². The van der Waals surface area contributed by atoms with Crippen LogP contribution in [0, 0.1) is 0 Å². The van der Waals surface area contributed by atoms with Gasteiger partial charge in [0.1, 0.15) is 11.3 Å². The van der Waals surface area contributed by atoms with Crippen LogP contribution in [0.5, 0.6) is 0 Å². The van der Waals surface area contributed by atoms with Crippen LogP contribution in [0.4, 0.5) is 5.82 Å². The first kappa shape index (κ1) is 37.4. The van der Waals surface area contributed by atoms with Gasteiger partial charge >= 0.3 is 0 Å². The van der Waals surface area contributed by atoms with Crippen LogP contribution < -0.4 is 5.73 Å². The number of rotatable bonds is 23. The molecule has 2 aromatic carbocycles. The summed E-state index contributed by atoms with van der Waals surface area (Å²) in [4.78, 5) is 24.9. The molecule has 0 radical (unpaired) electrons. The van der Waals surface area contributed by atoms with E-state index in [4.69, 9.17) is 10.7 Å². The molecular weight excluding hydrogens is 590 g/mol. The van der Waals surface area contributed by atoms with Crippen molar-refractivity contribution in [2.75, 3.05) is 5.73 Å². The number of fused-ring (bicyclic) bond motifs is 3. The fourth-order valence-corrected chi connectivity index (χ4v) is 6.90. The van der Waals surface area contributed by atoms with Gasteiger partial charge in [-0.3, -0.25) is 4.79 Å². The van der Waals surface area contributed by atoms with E-state index in [0.717, 1.165) is 66.4 Å². The largest absolute Gasteiger partial charge is 0.382 e. The van der Waals surface area contributed by atoms with Gasteiger partial charge in [-0.1, -0.05) is 146 Å². The first-order valence-corrected chi connectivity index (χ1v) is 19.3. The van der Waals surface area contributed by atoms with Crippen molar-refractivity contribution in [3.63, 3.8) is 0 Å². The molecule has 48 heavy (non-hydrogen) atoms. The molecule has 1 amide bonds. The Morgan fingerprint density at radius 1 is 0.729 bits per heavy atom. The molecule has 6 heteroatoms. The molecule has 0 fully saturated rings. The van der Waals surface area contributed by atoms with Crippen molar-refractivity contribution >= 4 is 33.7 Å². The number of aryl methyl sites for hydroxylation is 1. The number of hydrogen-bond donors (Lipinski definition) is 1. The lowest BCUT2D eigenvalue weighted by molar-refractivity contribution is -0.133. The van der Waals surface area contributed by atoms with Gasteiger partial charge in [-0.15, -0.1) is 0 Å². The van der Waals surface area contributed by atoms with Crippen LogP contribution in [-0.4, -0.2) is 31.4 Å². The molecule has 2 heterocycles. The van der Waals surface area contributed by atoms with Crippen LogP contribution >= 0.6 is 0 Å². The molecular formula is C42H63N5O. The van der Waals surface area contributed by atoms with E-state index < -0.39 is 0 Å². The number of nitrogen functional groups attached to an aromatic ring is 1. The topological polar surface area (TPSA) is 77.0 Å². The molecule has 0 saturated heterocycles. The second-order valence-corrected chi connectivity index (χ2v) is 14.2. The van der Waals surface area contributed by atoms with Gasteiger partial charge in [-0.2, -0.15) is 0 Å². The Balaban J connectivity index is 1.26. The monoisotopic (exact) mass is 654 g/mol. The van der Waals surface area contributed by atoms with Crippen LogP contribution in [-0.2, 0) is 24.3 Å². The van der Waals surface area contributed by atoms with E-state index in [-0.39, 0.29) is 11.9 Å². The standard InChI is InChI=1S/C42H63N5O/c1-5-7-9-10-11-12-13-14-15-16-17-18-19-20-26-39(48)46(33(3)4)31-34-27-29-35(30-28-34)32-47-38(25-8-6-2)45-40-41(47)36-23-21-22-24-37(36)44-42(40)43/h21-24,27-30,33H,5-20,25-26,31-32H2,1-4H3,(H2,43,44). The number of carbonyl (C=O) groups excluding carboxylic acids is 1. The molecule has 0 unspecified atom stereocenters. The number of imidazole rings is 1. The Bertz CT molecular complexity index is 1520. The zero-order chi connectivity index (χ0) is 34.1. The van der Waals surface area contributed by atoms with E-state index in [1.54, 1.807) is 0 Å². The molecule has 0 aliphatic carbocycles. The molecule has 0 spiro atoms. The summed E-state index contributed by atoms with van der Waals surface area (Å²) in [5, 5.41) is 1.08. The number of aromatic nitrogens is 3. The number of nitrogens with zero attached hydrogens (tertiary/aromatic N) is 4. The number of benzene rings is 2. The highest BCUT2D eigenvalue weighted by Gasteiger charge is 2.19. The maximum Gasteiger partial charge on any atom is 0.223 e. The molecule has 0 bridgehead atoms. The Morgan fingerprint density at radius 2 is 1.29 bits per heavy atom. The summed E-state index contributed by atoms with van der Waals surface area (Å²) in [7, 11) is 0. The molecule has 4 aromatic rings. The van der Waals surface area contributed by atoms with Crippen LogP contribution in [0.25, 0.3) is 21.9 Å². The quantitative estimate of drug-likeness (QED) is 0.0808. The van der Waals surface area contributed by atoms with Crippen molar-refractivity contribution in [1.82, 2.24) is 19.4 Å². The van der Waals surface area contributed by atoms with Gasteiger partial charge in [0.15, 0.2) is 5.82 Å². The zero-order valence-corrected chi connectivity index (χ0v) is 30.6. The summed E-state index contributed by atoms with van der Waals surface area (Å²) in [6.45, 7) is 10.1. The van der Waals surface area contributed by atoms with Crippen molar-refractivity contribution in [2.24, 2.45) is 0 Å². The SMILES string of the molecule is CCCCCCCCCCCCCCCCC(=O)N(Cc1ccc(Cn2c(CCCC)nc3c(N)nc4ccccc4c32)cc1)C(C)C. The third kappa shape index (κ3) is 11.1. The number of unbranched alkanes of at least 4 members (excludes halogenated alkanes) is 14. The number of hydrogen-bond acceptors (Lipinski definition) is 4. The van der Waals surface area contributed by atoms with Crippen LogP contribution in [0.15, 0.2) is 48.5 Å². The zero-order valence-electron chi connectivity index (χ0n) is 30.6. The summed E-state index contributed by atoms with van der Waals surface area (Å²) >= 11 is 0. The van der Waals surface area contributed by atoms with Crippen molar-refractivity contribution in [3.05, 3.63) is 65.5 Å². The highest BCUT2D eigenvalue weighted by Crippen LogP contribution is 2.30. The van der Waals surface area contributed by atoms with Gasteiger partial charge in [-0.25, -0.2) is 9.97 Å². The number of amides is 1. The van der Waals surface area contributed by atoms with Crippen molar-refractivity contribution in [3.8, 4) is 0 Å². The second kappa shape index (κ2) is 20.2. The first-order chi connectivity index (χ1) is 23.4. The van der Waals surface area contributed by atoms with E-state index in [9.17, 15) is 4.79 Å². The number of pyridine rings is 1. The Hall–Kier alpha value is -3.41. The summed E-state index contributed by atoms with van der Waals surface area (Å²) in [6.07, 6.45) is 22.3. The lowest BCUT2D eigenvalue weighted by Gasteiger charge is -2.27. The van der Waals surface area contributed by atoms with Crippen molar-refractivity contribution in [1.29, 1.82) is 0 Å². The number of para-hydroxylation sites is 1. The third-order valence-electron chi connectivity index (χ3n) is 9.85. The summed E-state index contributed by atoms with van der Waals surface area (Å²) in [5.41, 5.74) is 11.5. The Labute approximate surface area is 290 Å². The number of anilines is 1. The molecule has 0 saturated carbocycles. The fourth-order valence-electron chi connectivity index (χ4n) is 6.90. The minimum Gasteiger partial charge on any atom is -0.382 e. The first-order valence-electron chi connectivity index (χ1n) is 19.3. The predicted molar refractivity (Wildman–Crippen MR) is 204 cm³/mol. The Morgan fingerprint density at radius 3 is 1.90 bits per heavy atom. The molecule has 2 aromatic heterocycles. The lowest BCUT2D eigenvalue weighted by atomic mass is 10.0. The van der Waals surface area contributed by atoms with Gasteiger partial charge < -0.3 is 15.2 Å². The number of carbonyl (C=O) groups is 1. The maximum absolute atomic E-state index is 13.3. The second-order valence-electron chi connectivity index (χ2n) is 14.2. The van der Waals surface area contributed by atoms with Gasteiger partial charge in [0.25, 0.3) is 0 Å². The smallest absolute Gasteiger partial charge is 0.223 e. The molecule has 0 aliphatic rings. The Kier molecular flexibility index (Phi) is 15.7. The number of nitrogens with two attached hydrogens (primary N) is 1. The average molecular weight is 654 g/mol.